The van der Waals surface area contributed by atoms with Gasteiger partial charge in [-0.2, -0.15) is 0 Å². The van der Waals surface area contributed by atoms with E-state index in [0.29, 0.717) is 11.1 Å². The Bertz CT molecular complexity index is 341. The highest BCUT2D eigenvalue weighted by molar-refractivity contribution is 6.31. The maximum Gasteiger partial charge on any atom is 0.147 e. The fourth-order valence-electron chi connectivity index (χ4n) is 1.63. The predicted octanol–water partition coefficient (Wildman–Crippen LogP) is 4.36. The third-order valence-corrected chi connectivity index (χ3v) is 2.77. The molecular formula is C11H13ClF2. The number of benzene rings is 1. The van der Waals surface area contributed by atoms with Crippen molar-refractivity contribution in [1.82, 2.24) is 0 Å². The second kappa shape index (κ2) is 3.85. The minimum absolute atomic E-state index is 0.00287. The van der Waals surface area contributed by atoms with Gasteiger partial charge in [-0.15, -0.1) is 0 Å². The highest BCUT2D eigenvalue weighted by Crippen LogP contribution is 2.33. The first kappa shape index (κ1) is 11.4. The van der Waals surface area contributed by atoms with Gasteiger partial charge in [0.2, 0.25) is 0 Å². The minimum Gasteiger partial charge on any atom is -0.206 e. The van der Waals surface area contributed by atoms with E-state index in [2.05, 4.69) is 0 Å². The van der Waals surface area contributed by atoms with Gasteiger partial charge in [-0.25, -0.2) is 8.78 Å². The summed E-state index contributed by atoms with van der Waals surface area (Å²) in [5, 5.41) is 0.0522. The second-order valence-corrected chi connectivity index (χ2v) is 4.14. The fourth-order valence-corrected chi connectivity index (χ4v) is 2.13. The Morgan fingerprint density at radius 1 is 1.00 bits per heavy atom. The van der Waals surface area contributed by atoms with Crippen molar-refractivity contribution >= 4 is 11.6 Å². The fraction of sp³-hybridized carbons (Fsp3) is 0.455. The van der Waals surface area contributed by atoms with Crippen LogP contribution in [0, 0.1) is 25.5 Å². The second-order valence-electron chi connectivity index (χ2n) is 3.76. The van der Waals surface area contributed by atoms with Gasteiger partial charge < -0.3 is 0 Å². The van der Waals surface area contributed by atoms with Crippen LogP contribution in [0.4, 0.5) is 8.78 Å². The van der Waals surface area contributed by atoms with Gasteiger partial charge in [-0.05, 0) is 30.9 Å². The minimum atomic E-state index is -0.640. The first-order valence-corrected chi connectivity index (χ1v) is 4.89. The molecule has 0 saturated heterocycles. The summed E-state index contributed by atoms with van der Waals surface area (Å²) in [6, 6.07) is 0. The van der Waals surface area contributed by atoms with Gasteiger partial charge in [0, 0.05) is 5.56 Å². The normalized spacial score (nSPS) is 11.1. The zero-order chi connectivity index (χ0) is 11.0. The molecule has 1 aromatic carbocycles. The maximum absolute atomic E-state index is 13.5. The summed E-state index contributed by atoms with van der Waals surface area (Å²) in [6.45, 7) is 6.75. The van der Waals surface area contributed by atoms with Gasteiger partial charge in [0.15, 0.2) is 0 Å². The molecule has 0 aliphatic heterocycles. The molecule has 0 spiro atoms. The van der Waals surface area contributed by atoms with Gasteiger partial charge in [-0.3, -0.25) is 0 Å². The highest BCUT2D eigenvalue weighted by Gasteiger charge is 2.20. The summed E-state index contributed by atoms with van der Waals surface area (Å²) in [7, 11) is 0. The molecule has 0 nitrogen and oxygen atoms in total. The summed E-state index contributed by atoms with van der Waals surface area (Å²) in [4.78, 5) is 0. The SMILES string of the molecule is Cc1c(F)c(C)c(C(C)C)c(Cl)c1F. The van der Waals surface area contributed by atoms with Gasteiger partial charge in [-0.1, -0.05) is 25.4 Å². The molecule has 0 radical (unpaired) electrons. The zero-order valence-corrected chi connectivity index (χ0v) is 9.47. The first-order chi connectivity index (χ1) is 6.37. The third kappa shape index (κ3) is 1.63. The lowest BCUT2D eigenvalue weighted by Crippen LogP contribution is -2.03. The van der Waals surface area contributed by atoms with Crippen molar-refractivity contribution in [3.8, 4) is 0 Å². The summed E-state index contributed by atoms with van der Waals surface area (Å²) >= 11 is 5.83. The Balaban J connectivity index is 3.60. The van der Waals surface area contributed by atoms with Crippen LogP contribution in [0.15, 0.2) is 0 Å². The van der Waals surface area contributed by atoms with Crippen molar-refractivity contribution in [3.05, 3.63) is 33.3 Å². The molecule has 0 unspecified atom stereocenters. The molecule has 0 aromatic heterocycles. The van der Waals surface area contributed by atoms with Crippen LogP contribution in [0.3, 0.4) is 0 Å². The van der Waals surface area contributed by atoms with Crippen LogP contribution < -0.4 is 0 Å². The number of hydrogen-bond donors (Lipinski definition) is 0. The van der Waals surface area contributed by atoms with Crippen molar-refractivity contribution in [1.29, 1.82) is 0 Å². The number of rotatable bonds is 1. The van der Waals surface area contributed by atoms with Crippen molar-refractivity contribution in [2.24, 2.45) is 0 Å². The summed E-state index contributed by atoms with van der Waals surface area (Å²) in [6.07, 6.45) is 0. The van der Waals surface area contributed by atoms with Crippen LogP contribution >= 0.6 is 11.6 Å². The van der Waals surface area contributed by atoms with Crippen LogP contribution in [0.2, 0.25) is 5.02 Å². The average molecular weight is 219 g/mol. The van der Waals surface area contributed by atoms with Crippen molar-refractivity contribution < 1.29 is 8.78 Å². The van der Waals surface area contributed by atoms with E-state index >= 15 is 0 Å². The van der Waals surface area contributed by atoms with Crippen LogP contribution in [0.5, 0.6) is 0 Å². The molecule has 1 aromatic rings. The Labute approximate surface area is 87.9 Å². The highest BCUT2D eigenvalue weighted by atomic mass is 35.5. The van der Waals surface area contributed by atoms with E-state index in [0.717, 1.165) is 0 Å². The lowest BCUT2D eigenvalue weighted by Gasteiger charge is -2.15. The molecule has 0 aliphatic carbocycles. The molecule has 0 fully saturated rings. The molecule has 0 saturated carbocycles. The predicted molar refractivity (Wildman–Crippen MR) is 54.9 cm³/mol. The van der Waals surface area contributed by atoms with E-state index < -0.39 is 11.6 Å². The van der Waals surface area contributed by atoms with Crippen molar-refractivity contribution in [2.75, 3.05) is 0 Å². The monoisotopic (exact) mass is 218 g/mol. The summed E-state index contributed by atoms with van der Waals surface area (Å²) in [5.74, 6) is -1.11. The molecule has 0 bridgehead atoms. The lowest BCUT2D eigenvalue weighted by molar-refractivity contribution is 0.555. The van der Waals surface area contributed by atoms with Crippen LogP contribution in [-0.4, -0.2) is 0 Å². The summed E-state index contributed by atoms with van der Waals surface area (Å²) in [5.41, 5.74) is 1.01. The van der Waals surface area contributed by atoms with E-state index in [1.54, 1.807) is 6.92 Å². The van der Waals surface area contributed by atoms with Crippen LogP contribution in [-0.2, 0) is 0 Å². The van der Waals surface area contributed by atoms with Gasteiger partial charge in [0.05, 0.1) is 5.02 Å². The van der Waals surface area contributed by atoms with Crippen LogP contribution in [0.1, 0.15) is 36.5 Å². The molecule has 78 valence electrons. The van der Waals surface area contributed by atoms with Gasteiger partial charge >= 0.3 is 0 Å². The standard InChI is InChI=1S/C11H13ClF2/c1-5(2)8-6(3)10(13)7(4)11(14)9(8)12/h5H,1-4H3. The molecule has 0 atom stereocenters. The molecular weight excluding hydrogens is 206 g/mol. The molecule has 0 aliphatic rings. The molecule has 0 heterocycles. The van der Waals surface area contributed by atoms with E-state index in [1.807, 2.05) is 13.8 Å². The van der Waals surface area contributed by atoms with E-state index in [4.69, 9.17) is 11.6 Å². The Kier molecular flexibility index (Phi) is 3.15. The lowest BCUT2D eigenvalue weighted by atomic mass is 9.95. The Hall–Kier alpha value is -0.630. The van der Waals surface area contributed by atoms with E-state index in [1.165, 1.54) is 6.92 Å². The number of halogens is 3. The maximum atomic E-state index is 13.5. The molecule has 14 heavy (non-hydrogen) atoms. The topological polar surface area (TPSA) is 0 Å². The van der Waals surface area contributed by atoms with Gasteiger partial charge in [0.1, 0.15) is 11.6 Å². The van der Waals surface area contributed by atoms with Crippen molar-refractivity contribution in [2.45, 2.75) is 33.6 Å². The van der Waals surface area contributed by atoms with Gasteiger partial charge in [0.25, 0.3) is 0 Å². The molecule has 3 heteroatoms. The summed E-state index contributed by atoms with van der Waals surface area (Å²) < 4.78 is 26.9. The largest absolute Gasteiger partial charge is 0.206 e. The van der Waals surface area contributed by atoms with E-state index in [9.17, 15) is 8.78 Å². The quantitative estimate of drug-likeness (QED) is 0.615. The third-order valence-electron chi connectivity index (χ3n) is 2.40. The average Bonchev–Trinajstić information content (AvgIpc) is 2.11. The zero-order valence-electron chi connectivity index (χ0n) is 8.71. The Morgan fingerprint density at radius 3 is 1.93 bits per heavy atom. The Morgan fingerprint density at radius 2 is 1.50 bits per heavy atom. The first-order valence-electron chi connectivity index (χ1n) is 4.51. The number of hydrogen-bond acceptors (Lipinski definition) is 0. The smallest absolute Gasteiger partial charge is 0.147 e. The molecule has 0 amide bonds. The van der Waals surface area contributed by atoms with Crippen molar-refractivity contribution in [3.63, 3.8) is 0 Å². The van der Waals surface area contributed by atoms with E-state index in [-0.39, 0.29) is 16.5 Å². The molecule has 0 N–H and O–H groups in total. The molecule has 1 rings (SSSR count). The van der Waals surface area contributed by atoms with Crippen LogP contribution in [0.25, 0.3) is 0 Å².